The van der Waals surface area contributed by atoms with Crippen LogP contribution in [0.4, 0.5) is 8.78 Å². The van der Waals surface area contributed by atoms with Crippen molar-refractivity contribution >= 4 is 11.8 Å². The highest BCUT2D eigenvalue weighted by molar-refractivity contribution is 5.93. The van der Waals surface area contributed by atoms with E-state index in [-0.39, 0.29) is 30.6 Å². The summed E-state index contributed by atoms with van der Waals surface area (Å²) in [5.74, 6) is -1.29. The minimum absolute atomic E-state index is 0.00516. The monoisotopic (exact) mass is 496 g/mol. The van der Waals surface area contributed by atoms with Crippen LogP contribution < -0.4 is 5.32 Å². The largest absolute Gasteiger partial charge is 0.427 e. The van der Waals surface area contributed by atoms with Gasteiger partial charge in [0.25, 0.3) is 0 Å². The van der Waals surface area contributed by atoms with Gasteiger partial charge in [-0.1, -0.05) is 56.3 Å². The highest BCUT2D eigenvalue weighted by Gasteiger charge is 2.47. The van der Waals surface area contributed by atoms with E-state index in [1.165, 1.54) is 11.0 Å². The van der Waals surface area contributed by atoms with Crippen LogP contribution >= 0.6 is 0 Å². The Morgan fingerprint density at radius 1 is 1.14 bits per heavy atom. The quantitative estimate of drug-likeness (QED) is 0.522. The number of carbonyl (C=O) groups is 2. The van der Waals surface area contributed by atoms with E-state index in [4.69, 9.17) is 4.42 Å². The summed E-state index contributed by atoms with van der Waals surface area (Å²) in [4.78, 5) is 28.1. The molecule has 1 aromatic heterocycles. The molecule has 4 rings (SSSR count). The van der Waals surface area contributed by atoms with Crippen LogP contribution in [-0.2, 0) is 15.0 Å². The van der Waals surface area contributed by atoms with Crippen molar-refractivity contribution in [1.29, 1.82) is 0 Å². The molecule has 2 amide bonds. The van der Waals surface area contributed by atoms with Gasteiger partial charge in [-0.2, -0.15) is 0 Å². The molecular weight excluding hydrogens is 466 g/mol. The van der Waals surface area contributed by atoms with E-state index in [1.54, 1.807) is 26.0 Å². The van der Waals surface area contributed by atoms with E-state index < -0.39 is 35.5 Å². The Labute approximate surface area is 208 Å². The van der Waals surface area contributed by atoms with Gasteiger partial charge in [-0.3, -0.25) is 9.59 Å². The molecule has 3 atom stereocenters. The molecule has 0 aliphatic carbocycles. The van der Waals surface area contributed by atoms with Crippen LogP contribution in [-0.4, -0.2) is 45.7 Å². The molecule has 3 aromatic rings. The number of halogens is 2. The number of nitrogens with zero attached hydrogens (tertiary/aromatic N) is 3. The number of amides is 2. The minimum atomic E-state index is -1.36. The number of hydrogen-bond acceptors (Lipinski definition) is 5. The Morgan fingerprint density at radius 2 is 1.86 bits per heavy atom. The molecule has 1 aliphatic heterocycles. The lowest BCUT2D eigenvalue weighted by molar-refractivity contribution is -0.143. The summed E-state index contributed by atoms with van der Waals surface area (Å²) in [6, 6.07) is 12.3. The predicted molar refractivity (Wildman–Crippen MR) is 129 cm³/mol. The van der Waals surface area contributed by atoms with E-state index in [0.29, 0.717) is 11.1 Å². The van der Waals surface area contributed by atoms with Crippen molar-refractivity contribution in [2.24, 2.45) is 0 Å². The lowest BCUT2D eigenvalue weighted by Gasteiger charge is -2.31. The van der Waals surface area contributed by atoms with Crippen LogP contribution in [0.1, 0.15) is 68.7 Å². The molecule has 0 radical (unpaired) electrons. The first kappa shape index (κ1) is 25.5. The van der Waals surface area contributed by atoms with Crippen LogP contribution in [0, 0.1) is 5.82 Å². The van der Waals surface area contributed by atoms with Gasteiger partial charge in [0.2, 0.25) is 24.1 Å². The van der Waals surface area contributed by atoms with Gasteiger partial charge in [-0.25, -0.2) is 8.78 Å². The third-order valence-electron chi connectivity index (χ3n) is 6.64. The summed E-state index contributed by atoms with van der Waals surface area (Å²) in [6.07, 6.45) is -0.384. The number of aromatic nitrogens is 2. The fraction of sp³-hybridized carbons (Fsp3) is 0.407. The van der Waals surface area contributed by atoms with Crippen LogP contribution in [0.5, 0.6) is 0 Å². The maximum absolute atomic E-state index is 14.9. The fourth-order valence-corrected chi connectivity index (χ4v) is 4.59. The Bertz CT molecular complexity index is 1220. The molecule has 9 heteroatoms. The van der Waals surface area contributed by atoms with Gasteiger partial charge in [0.05, 0.1) is 12.6 Å². The Morgan fingerprint density at radius 3 is 2.47 bits per heavy atom. The molecule has 0 bridgehead atoms. The molecular formula is C27H30F2N4O3. The highest BCUT2D eigenvalue weighted by Crippen LogP contribution is 2.31. The summed E-state index contributed by atoms with van der Waals surface area (Å²) in [5.41, 5.74) is 0.623. The van der Waals surface area contributed by atoms with Gasteiger partial charge in [-0.05, 0) is 42.5 Å². The normalized spacial score (nSPS) is 18.9. The third kappa shape index (κ3) is 5.01. The predicted octanol–water partition coefficient (Wildman–Crippen LogP) is 4.45. The van der Waals surface area contributed by atoms with Gasteiger partial charge >= 0.3 is 0 Å². The van der Waals surface area contributed by atoms with Crippen molar-refractivity contribution in [3.8, 4) is 0 Å². The topological polar surface area (TPSA) is 88.3 Å². The zero-order chi connectivity index (χ0) is 26.0. The number of alkyl halides is 1. The van der Waals surface area contributed by atoms with Gasteiger partial charge in [0.1, 0.15) is 23.4 Å². The summed E-state index contributed by atoms with van der Waals surface area (Å²) in [7, 11) is 0. The first-order valence-corrected chi connectivity index (χ1v) is 12.0. The molecule has 0 spiro atoms. The second-order valence-corrected chi connectivity index (χ2v) is 9.96. The molecule has 1 N–H and O–H groups in total. The van der Waals surface area contributed by atoms with E-state index >= 15 is 0 Å². The van der Waals surface area contributed by atoms with Gasteiger partial charge in [-0.15, -0.1) is 10.2 Å². The van der Waals surface area contributed by atoms with E-state index in [0.717, 1.165) is 12.0 Å². The van der Waals surface area contributed by atoms with Crippen molar-refractivity contribution in [1.82, 2.24) is 20.4 Å². The second-order valence-electron chi connectivity index (χ2n) is 9.96. The number of benzene rings is 2. The molecule has 0 unspecified atom stereocenters. The maximum Gasteiger partial charge on any atom is 0.243 e. The maximum atomic E-state index is 14.9. The molecule has 36 heavy (non-hydrogen) atoms. The first-order valence-electron chi connectivity index (χ1n) is 12.0. The number of likely N-dealkylation sites (tertiary alicyclic amines) is 1. The molecule has 190 valence electrons. The molecule has 2 heterocycles. The summed E-state index contributed by atoms with van der Waals surface area (Å²) in [5, 5.41) is 10.4. The summed E-state index contributed by atoms with van der Waals surface area (Å²) >= 11 is 0. The first-order chi connectivity index (χ1) is 17.1. The lowest BCUT2D eigenvalue weighted by Crippen LogP contribution is -2.51. The number of rotatable bonds is 7. The van der Waals surface area contributed by atoms with Crippen molar-refractivity contribution in [2.75, 3.05) is 6.54 Å². The van der Waals surface area contributed by atoms with Gasteiger partial charge in [0, 0.05) is 6.42 Å². The molecule has 1 saturated heterocycles. The number of nitrogens with one attached hydrogen (secondary N) is 1. The van der Waals surface area contributed by atoms with Crippen molar-refractivity contribution in [2.45, 2.75) is 63.7 Å². The highest BCUT2D eigenvalue weighted by atomic mass is 19.1. The van der Waals surface area contributed by atoms with Crippen molar-refractivity contribution < 1.29 is 22.8 Å². The van der Waals surface area contributed by atoms with Crippen LogP contribution in [0.2, 0.25) is 0 Å². The molecule has 1 fully saturated rings. The third-order valence-corrected chi connectivity index (χ3v) is 6.64. The Balaban J connectivity index is 1.63. The van der Waals surface area contributed by atoms with Crippen molar-refractivity contribution in [3.05, 3.63) is 83.3 Å². The molecule has 7 nitrogen and oxygen atoms in total. The standard InChI is InChI=1S/C27H30F2N4O3/c1-16(2)20-11-10-18(12-21(20)29)23(17-8-6-5-7-9-17)31-24(34)22-13-19(28)14-33(22)26(35)27(3,4)25-32-30-15-36-25/h5-12,15-16,19,22-23H,13-14H2,1-4H3,(H,31,34)/t19-,22+,23+/m1/s1. The van der Waals surface area contributed by atoms with E-state index in [2.05, 4.69) is 15.5 Å². The smallest absolute Gasteiger partial charge is 0.243 e. The average molecular weight is 497 g/mol. The average Bonchev–Trinajstić information content (AvgIpc) is 3.53. The van der Waals surface area contributed by atoms with Crippen LogP contribution in [0.3, 0.4) is 0 Å². The molecule has 2 aromatic carbocycles. The number of hydrogen-bond donors (Lipinski definition) is 1. The fourth-order valence-electron chi connectivity index (χ4n) is 4.59. The van der Waals surface area contributed by atoms with Gasteiger partial charge in [0.15, 0.2) is 0 Å². The SMILES string of the molecule is CC(C)c1ccc([C@@H](NC(=O)[C@@H]2C[C@@H](F)CN2C(=O)C(C)(C)c2nnco2)c2ccccc2)cc1F. The summed E-state index contributed by atoms with van der Waals surface area (Å²) < 4.78 is 34.6. The molecule has 1 aliphatic rings. The Hall–Kier alpha value is -3.62. The van der Waals surface area contributed by atoms with Crippen LogP contribution in [0.25, 0.3) is 0 Å². The second kappa shape index (κ2) is 10.2. The molecule has 0 saturated carbocycles. The van der Waals surface area contributed by atoms with Crippen molar-refractivity contribution in [3.63, 3.8) is 0 Å². The van der Waals surface area contributed by atoms with Crippen LogP contribution in [0.15, 0.2) is 59.3 Å². The van der Waals surface area contributed by atoms with E-state index in [9.17, 15) is 18.4 Å². The zero-order valence-electron chi connectivity index (χ0n) is 20.7. The van der Waals surface area contributed by atoms with Gasteiger partial charge < -0.3 is 14.6 Å². The lowest BCUT2D eigenvalue weighted by atomic mass is 9.91. The zero-order valence-corrected chi connectivity index (χ0v) is 20.7. The van der Waals surface area contributed by atoms with E-state index in [1.807, 2.05) is 44.2 Å². The summed E-state index contributed by atoms with van der Waals surface area (Å²) in [6.45, 7) is 6.78. The number of carbonyl (C=O) groups excluding carboxylic acids is 2. The Kier molecular flexibility index (Phi) is 7.19. The minimum Gasteiger partial charge on any atom is -0.427 e.